The fourth-order valence-electron chi connectivity index (χ4n) is 3.53. The number of likely N-dealkylation sites (tertiary alicyclic amines) is 1. The van der Waals surface area contributed by atoms with Crippen LogP contribution in [0.25, 0.3) is 0 Å². The highest BCUT2D eigenvalue weighted by molar-refractivity contribution is 8.00. The van der Waals surface area contributed by atoms with Crippen LogP contribution in [0.5, 0.6) is 0 Å². The molecule has 0 unspecified atom stereocenters. The SMILES string of the molecule is CC/C(OS(C)(=O)=O)=C(\C(=O)OC)N1C(=O)[C@H]([C@@H](C)O[Si](C)(C)C(C)(C)C)[C@H]1Sc1ccccc1. The Balaban J connectivity index is 2.56. The summed E-state index contributed by atoms with van der Waals surface area (Å²) >= 11 is 1.41. The van der Waals surface area contributed by atoms with E-state index in [-0.39, 0.29) is 28.8 Å². The number of methoxy groups -OCH3 is 1. The molecule has 196 valence electrons. The molecule has 0 spiro atoms. The number of nitrogens with zero attached hydrogens (tertiary/aromatic N) is 1. The summed E-state index contributed by atoms with van der Waals surface area (Å²) in [5.41, 5.74) is -0.199. The van der Waals surface area contributed by atoms with E-state index in [1.165, 1.54) is 23.8 Å². The Morgan fingerprint density at radius 1 is 1.20 bits per heavy atom. The zero-order valence-corrected chi connectivity index (χ0v) is 24.6. The van der Waals surface area contributed by atoms with Crippen LogP contribution in [0.3, 0.4) is 0 Å². The summed E-state index contributed by atoms with van der Waals surface area (Å²) in [6.07, 6.45) is 0.551. The normalized spacial score (nSPS) is 20.6. The van der Waals surface area contributed by atoms with Crippen molar-refractivity contribution in [3.05, 3.63) is 41.8 Å². The summed E-state index contributed by atoms with van der Waals surface area (Å²) in [4.78, 5) is 28.6. The highest BCUT2D eigenvalue weighted by Gasteiger charge is 2.56. The van der Waals surface area contributed by atoms with E-state index < -0.39 is 41.8 Å². The van der Waals surface area contributed by atoms with Crippen molar-refractivity contribution < 1.29 is 31.4 Å². The van der Waals surface area contributed by atoms with Gasteiger partial charge in [-0.15, -0.1) is 0 Å². The number of thioether (sulfide) groups is 1. The molecule has 0 N–H and O–H groups in total. The Hall–Kier alpha value is -1.82. The molecule has 8 nitrogen and oxygen atoms in total. The molecule has 0 aliphatic carbocycles. The number of rotatable bonds is 10. The van der Waals surface area contributed by atoms with Crippen LogP contribution >= 0.6 is 11.8 Å². The summed E-state index contributed by atoms with van der Waals surface area (Å²) < 4.78 is 40.4. The number of benzene rings is 1. The van der Waals surface area contributed by atoms with Crippen LogP contribution in [-0.4, -0.2) is 58.4 Å². The molecule has 11 heteroatoms. The van der Waals surface area contributed by atoms with E-state index in [2.05, 4.69) is 33.9 Å². The first-order valence-electron chi connectivity index (χ1n) is 11.5. The van der Waals surface area contributed by atoms with Gasteiger partial charge < -0.3 is 13.3 Å². The minimum absolute atomic E-state index is 0.0500. The molecule has 0 radical (unpaired) electrons. The third kappa shape index (κ3) is 6.90. The lowest BCUT2D eigenvalue weighted by molar-refractivity contribution is -0.158. The van der Waals surface area contributed by atoms with Gasteiger partial charge in [-0.25, -0.2) is 4.79 Å². The number of carbonyl (C=O) groups is 2. The number of ether oxygens (including phenoxy) is 1. The van der Waals surface area contributed by atoms with Crippen molar-refractivity contribution in [2.24, 2.45) is 5.92 Å². The van der Waals surface area contributed by atoms with E-state index >= 15 is 0 Å². The van der Waals surface area contributed by atoms with Crippen LogP contribution in [0, 0.1) is 5.92 Å². The van der Waals surface area contributed by atoms with Crippen molar-refractivity contribution in [1.29, 1.82) is 0 Å². The molecule has 1 heterocycles. The summed E-state index contributed by atoms with van der Waals surface area (Å²) in [5, 5.41) is -0.575. The topological polar surface area (TPSA) is 99.2 Å². The second-order valence-electron chi connectivity index (χ2n) is 10.0. The zero-order valence-electron chi connectivity index (χ0n) is 21.9. The maximum atomic E-state index is 13.6. The van der Waals surface area contributed by atoms with E-state index in [0.717, 1.165) is 11.2 Å². The first-order chi connectivity index (χ1) is 16.0. The Labute approximate surface area is 214 Å². The fourth-order valence-corrected chi connectivity index (χ4v) is 6.91. The molecular weight excluding hydrogens is 506 g/mol. The quantitative estimate of drug-likeness (QED) is 0.104. The first-order valence-corrected chi connectivity index (χ1v) is 17.1. The van der Waals surface area contributed by atoms with Crippen LogP contribution in [0.2, 0.25) is 18.1 Å². The summed E-state index contributed by atoms with van der Waals surface area (Å²) in [6.45, 7) is 14.2. The molecule has 1 aliphatic rings. The molecular formula is C24H37NO7S2Si. The minimum Gasteiger partial charge on any atom is -0.464 e. The second kappa shape index (κ2) is 11.1. The molecule has 3 atom stereocenters. The predicted octanol–water partition coefficient (Wildman–Crippen LogP) is 4.74. The number of esters is 1. The molecule has 2 rings (SSSR count). The number of β-lactam (4-membered cyclic amide) rings is 1. The number of carbonyl (C=O) groups excluding carboxylic acids is 2. The average Bonchev–Trinajstić information content (AvgIpc) is 2.73. The number of allylic oxidation sites excluding steroid dienone is 1. The summed E-state index contributed by atoms with van der Waals surface area (Å²) in [5.74, 6) is -1.87. The van der Waals surface area contributed by atoms with Crippen LogP contribution in [0.4, 0.5) is 0 Å². The number of amides is 1. The standard InChI is InChI=1S/C24H37NO7S2Si/c1-10-18(31-34(7,28)29)20(23(27)30-6)25-21(26)19(16(2)32-35(8,9)24(3,4)5)22(25)33-17-14-12-11-13-15-17/h11-16,19,22H,10H2,1-9H3/b20-18-/t16-,19+,22-/m1/s1. The van der Waals surface area contributed by atoms with Crippen LogP contribution in [0.1, 0.15) is 41.0 Å². The van der Waals surface area contributed by atoms with Gasteiger partial charge in [-0.1, -0.05) is 57.7 Å². The molecule has 1 saturated heterocycles. The summed E-state index contributed by atoms with van der Waals surface area (Å²) in [7, 11) is -4.94. The van der Waals surface area contributed by atoms with Crippen molar-refractivity contribution >= 4 is 42.1 Å². The van der Waals surface area contributed by atoms with Crippen LogP contribution in [-0.2, 0) is 33.1 Å². The maximum Gasteiger partial charge on any atom is 0.358 e. The lowest BCUT2D eigenvalue weighted by Gasteiger charge is -2.51. The Bertz CT molecular complexity index is 1070. The molecule has 0 bridgehead atoms. The zero-order chi connectivity index (χ0) is 26.8. The summed E-state index contributed by atoms with van der Waals surface area (Å²) in [6, 6.07) is 9.50. The lowest BCUT2D eigenvalue weighted by Crippen LogP contribution is -2.64. The average molecular weight is 544 g/mol. The van der Waals surface area contributed by atoms with Crippen LogP contribution < -0.4 is 0 Å². The van der Waals surface area contributed by atoms with Gasteiger partial charge in [-0.05, 0) is 37.2 Å². The van der Waals surface area contributed by atoms with Gasteiger partial charge in [0.15, 0.2) is 19.8 Å². The number of hydrogen-bond acceptors (Lipinski definition) is 8. The minimum atomic E-state index is -3.93. The van der Waals surface area contributed by atoms with E-state index in [4.69, 9.17) is 13.3 Å². The Kier molecular flexibility index (Phi) is 9.29. The smallest absolute Gasteiger partial charge is 0.358 e. The molecule has 1 aromatic rings. The van der Waals surface area contributed by atoms with Crippen molar-refractivity contribution in [2.75, 3.05) is 13.4 Å². The third-order valence-electron chi connectivity index (χ3n) is 6.33. The van der Waals surface area contributed by atoms with Crippen molar-refractivity contribution in [3.8, 4) is 0 Å². The highest BCUT2D eigenvalue weighted by Crippen LogP contribution is 2.47. The van der Waals surface area contributed by atoms with E-state index in [0.29, 0.717) is 0 Å². The van der Waals surface area contributed by atoms with E-state index in [1.807, 2.05) is 37.3 Å². The molecule has 1 aliphatic heterocycles. The molecule has 0 saturated carbocycles. The van der Waals surface area contributed by atoms with Gasteiger partial charge in [0.2, 0.25) is 5.91 Å². The third-order valence-corrected chi connectivity index (χ3v) is 12.7. The Morgan fingerprint density at radius 3 is 2.23 bits per heavy atom. The van der Waals surface area contributed by atoms with Gasteiger partial charge >= 0.3 is 16.1 Å². The second-order valence-corrected chi connectivity index (χ2v) is 17.6. The molecule has 1 amide bonds. The van der Waals surface area contributed by atoms with Gasteiger partial charge in [0.25, 0.3) is 0 Å². The van der Waals surface area contributed by atoms with Crippen molar-refractivity contribution in [2.45, 2.75) is 75.5 Å². The van der Waals surface area contributed by atoms with Gasteiger partial charge in [0, 0.05) is 11.3 Å². The van der Waals surface area contributed by atoms with Gasteiger partial charge in [0.05, 0.1) is 25.4 Å². The van der Waals surface area contributed by atoms with Crippen molar-refractivity contribution in [1.82, 2.24) is 4.90 Å². The Morgan fingerprint density at radius 2 is 1.77 bits per heavy atom. The largest absolute Gasteiger partial charge is 0.464 e. The van der Waals surface area contributed by atoms with Crippen molar-refractivity contribution in [3.63, 3.8) is 0 Å². The molecule has 0 aromatic heterocycles. The number of hydrogen-bond donors (Lipinski definition) is 0. The van der Waals surface area contributed by atoms with Gasteiger partial charge in [-0.3, -0.25) is 9.69 Å². The fraction of sp³-hybridized carbons (Fsp3) is 0.583. The predicted molar refractivity (Wildman–Crippen MR) is 139 cm³/mol. The van der Waals surface area contributed by atoms with E-state index in [9.17, 15) is 18.0 Å². The van der Waals surface area contributed by atoms with E-state index in [1.54, 1.807) is 6.92 Å². The van der Waals surface area contributed by atoms with Crippen LogP contribution in [0.15, 0.2) is 46.7 Å². The molecule has 35 heavy (non-hydrogen) atoms. The maximum absolute atomic E-state index is 13.6. The van der Waals surface area contributed by atoms with Gasteiger partial charge in [-0.2, -0.15) is 8.42 Å². The highest BCUT2D eigenvalue weighted by atomic mass is 32.2. The lowest BCUT2D eigenvalue weighted by atomic mass is 9.91. The molecule has 1 aromatic carbocycles. The monoisotopic (exact) mass is 543 g/mol. The first kappa shape index (κ1) is 29.4. The molecule has 1 fully saturated rings. The van der Waals surface area contributed by atoms with Gasteiger partial charge in [0.1, 0.15) is 5.37 Å².